The highest BCUT2D eigenvalue weighted by Crippen LogP contribution is 2.29. The van der Waals surface area contributed by atoms with Gasteiger partial charge >= 0.3 is 0 Å². The van der Waals surface area contributed by atoms with Crippen molar-refractivity contribution in [2.75, 3.05) is 25.5 Å². The van der Waals surface area contributed by atoms with Crippen LogP contribution in [0.3, 0.4) is 0 Å². The molecule has 0 unspecified atom stereocenters. The molecular formula is C17H17Cl2FN2O4S. The second-order valence-corrected chi connectivity index (χ2v) is 8.32. The van der Waals surface area contributed by atoms with Crippen LogP contribution in [-0.2, 0) is 14.8 Å². The van der Waals surface area contributed by atoms with Crippen LogP contribution in [-0.4, -0.2) is 38.8 Å². The lowest BCUT2D eigenvalue weighted by molar-refractivity contribution is -0.116. The topological polar surface area (TPSA) is 75.7 Å². The van der Waals surface area contributed by atoms with Crippen molar-refractivity contribution in [3.05, 3.63) is 52.3 Å². The monoisotopic (exact) mass is 434 g/mol. The molecule has 0 fully saturated rings. The van der Waals surface area contributed by atoms with Crippen molar-refractivity contribution < 1.29 is 22.3 Å². The molecule has 1 amide bonds. The molecule has 2 aromatic rings. The lowest BCUT2D eigenvalue weighted by Gasteiger charge is -2.19. The van der Waals surface area contributed by atoms with Gasteiger partial charge in [-0.2, -0.15) is 4.31 Å². The minimum Gasteiger partial charge on any atom is -0.492 e. The fourth-order valence-electron chi connectivity index (χ4n) is 2.19. The zero-order valence-corrected chi connectivity index (χ0v) is 16.8. The number of nitrogens with zero attached hydrogens (tertiary/aromatic N) is 1. The third kappa shape index (κ3) is 5.32. The third-order valence-electron chi connectivity index (χ3n) is 3.46. The lowest BCUT2D eigenvalue weighted by Crippen LogP contribution is -2.35. The summed E-state index contributed by atoms with van der Waals surface area (Å²) in [6.07, 6.45) is 0. The van der Waals surface area contributed by atoms with E-state index in [9.17, 15) is 17.6 Å². The molecule has 146 valence electrons. The maximum Gasteiger partial charge on any atom is 0.247 e. The van der Waals surface area contributed by atoms with E-state index in [1.54, 1.807) is 6.92 Å². The smallest absolute Gasteiger partial charge is 0.247 e. The van der Waals surface area contributed by atoms with E-state index >= 15 is 0 Å². The highest BCUT2D eigenvalue weighted by Gasteiger charge is 2.27. The van der Waals surface area contributed by atoms with Crippen LogP contribution in [0.25, 0.3) is 0 Å². The summed E-state index contributed by atoms with van der Waals surface area (Å²) in [4.78, 5) is 12.0. The Balaban J connectivity index is 2.18. The fourth-order valence-corrected chi connectivity index (χ4v) is 3.89. The Morgan fingerprint density at radius 3 is 2.56 bits per heavy atom. The minimum atomic E-state index is -4.04. The van der Waals surface area contributed by atoms with E-state index in [4.69, 9.17) is 27.9 Å². The van der Waals surface area contributed by atoms with Crippen LogP contribution in [0.4, 0.5) is 10.1 Å². The first-order valence-corrected chi connectivity index (χ1v) is 9.98. The van der Waals surface area contributed by atoms with Gasteiger partial charge in [0.2, 0.25) is 15.9 Å². The molecule has 0 aromatic heterocycles. The summed E-state index contributed by atoms with van der Waals surface area (Å²) in [7, 11) is -2.79. The van der Waals surface area contributed by atoms with Crippen molar-refractivity contribution in [1.82, 2.24) is 4.31 Å². The van der Waals surface area contributed by atoms with Crippen LogP contribution < -0.4 is 10.1 Å². The molecule has 10 heteroatoms. The molecule has 1 N–H and O–H groups in total. The predicted octanol–water partition coefficient (Wildman–Crippen LogP) is 3.79. The Hall–Kier alpha value is -1.87. The van der Waals surface area contributed by atoms with E-state index in [2.05, 4.69) is 5.32 Å². The van der Waals surface area contributed by atoms with Crippen LogP contribution in [0.5, 0.6) is 5.75 Å². The molecule has 0 heterocycles. The second-order valence-electron chi connectivity index (χ2n) is 5.46. The fraction of sp³-hybridized carbons (Fsp3) is 0.235. The number of nitrogens with one attached hydrogen (secondary N) is 1. The molecule has 0 aliphatic heterocycles. The van der Waals surface area contributed by atoms with Crippen molar-refractivity contribution in [3.8, 4) is 5.75 Å². The first-order valence-electron chi connectivity index (χ1n) is 7.78. The number of halogens is 3. The van der Waals surface area contributed by atoms with Crippen LogP contribution >= 0.6 is 23.2 Å². The summed E-state index contributed by atoms with van der Waals surface area (Å²) >= 11 is 11.6. The SMILES string of the molecule is CCOc1ccc(Cl)cc1S(=O)(=O)N(C)CC(=O)Nc1ccc(F)c(Cl)c1. The zero-order chi connectivity index (χ0) is 20.2. The number of ether oxygens (including phenoxy) is 1. The predicted molar refractivity (Wildman–Crippen MR) is 102 cm³/mol. The summed E-state index contributed by atoms with van der Waals surface area (Å²) in [5.74, 6) is -1.11. The van der Waals surface area contributed by atoms with E-state index < -0.39 is 28.3 Å². The lowest BCUT2D eigenvalue weighted by atomic mass is 10.3. The second kappa shape index (κ2) is 8.88. The highest BCUT2D eigenvalue weighted by atomic mass is 35.5. The van der Waals surface area contributed by atoms with Gasteiger partial charge < -0.3 is 10.1 Å². The first-order chi connectivity index (χ1) is 12.6. The highest BCUT2D eigenvalue weighted by molar-refractivity contribution is 7.89. The van der Waals surface area contributed by atoms with Gasteiger partial charge in [-0.15, -0.1) is 0 Å². The molecule has 6 nitrogen and oxygen atoms in total. The summed E-state index contributed by atoms with van der Waals surface area (Å²) in [5, 5.41) is 2.52. The third-order valence-corrected chi connectivity index (χ3v) is 5.81. The number of carbonyl (C=O) groups is 1. The first kappa shape index (κ1) is 21.4. The molecular weight excluding hydrogens is 418 g/mol. The van der Waals surface area contributed by atoms with Crippen LogP contribution in [0.15, 0.2) is 41.3 Å². The summed E-state index contributed by atoms with van der Waals surface area (Å²) < 4.78 is 45.0. The Morgan fingerprint density at radius 2 is 1.93 bits per heavy atom. The van der Waals surface area contributed by atoms with E-state index in [1.165, 1.54) is 37.4 Å². The van der Waals surface area contributed by atoms with Crippen LogP contribution in [0.1, 0.15) is 6.92 Å². The molecule has 0 atom stereocenters. The van der Waals surface area contributed by atoms with Gasteiger partial charge in [0.05, 0.1) is 18.2 Å². The van der Waals surface area contributed by atoms with E-state index in [1.807, 2.05) is 0 Å². The molecule has 2 aromatic carbocycles. The zero-order valence-electron chi connectivity index (χ0n) is 14.5. The molecule has 2 rings (SSSR count). The number of likely N-dealkylation sites (N-methyl/N-ethyl adjacent to an activating group) is 1. The molecule has 27 heavy (non-hydrogen) atoms. The summed E-state index contributed by atoms with van der Waals surface area (Å²) in [5.41, 5.74) is 0.245. The number of anilines is 1. The van der Waals surface area contributed by atoms with Gasteiger partial charge in [0.25, 0.3) is 0 Å². The number of amides is 1. The van der Waals surface area contributed by atoms with Gasteiger partial charge in [0.15, 0.2) is 0 Å². The van der Waals surface area contributed by atoms with Crippen LogP contribution in [0.2, 0.25) is 10.0 Å². The maximum atomic E-state index is 13.2. The number of carbonyl (C=O) groups excluding carboxylic acids is 1. The largest absolute Gasteiger partial charge is 0.492 e. The van der Waals surface area contributed by atoms with E-state index in [0.717, 1.165) is 10.4 Å². The summed E-state index contributed by atoms with van der Waals surface area (Å²) in [6, 6.07) is 7.86. The van der Waals surface area contributed by atoms with Gasteiger partial charge in [0.1, 0.15) is 16.5 Å². The van der Waals surface area contributed by atoms with Gasteiger partial charge in [0, 0.05) is 17.8 Å². The molecule has 0 aliphatic rings. The number of hydrogen-bond acceptors (Lipinski definition) is 4. The van der Waals surface area contributed by atoms with Crippen molar-refractivity contribution in [2.45, 2.75) is 11.8 Å². The molecule has 0 aliphatic carbocycles. The van der Waals surface area contributed by atoms with Crippen molar-refractivity contribution in [2.24, 2.45) is 0 Å². The number of sulfonamides is 1. The standard InChI is InChI=1S/C17H17Cl2FN2O4S/c1-3-26-15-7-4-11(18)8-16(15)27(24,25)22(2)10-17(23)21-12-5-6-14(20)13(19)9-12/h4-9H,3,10H2,1-2H3,(H,21,23). The Kier molecular flexibility index (Phi) is 7.05. The Bertz CT molecular complexity index is 954. The van der Waals surface area contributed by atoms with Crippen molar-refractivity contribution in [1.29, 1.82) is 0 Å². The molecule has 0 spiro atoms. The van der Waals surface area contributed by atoms with Crippen molar-refractivity contribution >= 4 is 44.8 Å². The quantitative estimate of drug-likeness (QED) is 0.718. The van der Waals surface area contributed by atoms with Gasteiger partial charge in [-0.25, -0.2) is 12.8 Å². The Labute approximate surface area is 166 Å². The molecule has 0 saturated carbocycles. The Morgan fingerprint density at radius 1 is 1.22 bits per heavy atom. The number of hydrogen-bond donors (Lipinski definition) is 1. The van der Waals surface area contributed by atoms with Crippen molar-refractivity contribution in [3.63, 3.8) is 0 Å². The van der Waals surface area contributed by atoms with E-state index in [0.29, 0.717) is 0 Å². The molecule has 0 bridgehead atoms. The van der Waals surface area contributed by atoms with Gasteiger partial charge in [-0.1, -0.05) is 23.2 Å². The summed E-state index contributed by atoms with van der Waals surface area (Å²) in [6.45, 7) is 1.51. The number of benzene rings is 2. The minimum absolute atomic E-state index is 0.138. The normalized spacial score (nSPS) is 11.5. The maximum absolute atomic E-state index is 13.2. The average molecular weight is 435 g/mol. The van der Waals surface area contributed by atoms with E-state index in [-0.39, 0.29) is 33.0 Å². The number of rotatable bonds is 7. The molecule has 0 radical (unpaired) electrons. The van der Waals surface area contributed by atoms with Gasteiger partial charge in [-0.05, 0) is 43.3 Å². The average Bonchev–Trinajstić information content (AvgIpc) is 2.59. The van der Waals surface area contributed by atoms with Gasteiger partial charge in [-0.3, -0.25) is 4.79 Å². The molecule has 0 saturated heterocycles. The van der Waals surface area contributed by atoms with Crippen LogP contribution in [0, 0.1) is 5.82 Å².